The molecule has 0 spiro atoms. The fraction of sp³-hybridized carbons (Fsp3) is 0.708. The van der Waals surface area contributed by atoms with Gasteiger partial charge in [-0.1, -0.05) is 18.9 Å². The van der Waals surface area contributed by atoms with Gasteiger partial charge in [0.1, 0.15) is 11.4 Å². The summed E-state index contributed by atoms with van der Waals surface area (Å²) in [5.74, 6) is 1.85. The lowest BCUT2D eigenvalue weighted by Crippen LogP contribution is -2.49. The number of anilines is 1. The van der Waals surface area contributed by atoms with Crippen molar-refractivity contribution in [2.24, 2.45) is 4.99 Å². The molecule has 0 radical (unpaired) electrons. The van der Waals surface area contributed by atoms with Crippen LogP contribution in [-0.4, -0.2) is 55.2 Å². The van der Waals surface area contributed by atoms with Crippen LogP contribution in [0.4, 0.5) is 5.82 Å². The number of nitrogens with one attached hydrogen (secondary N) is 2. The Kier molecular flexibility index (Phi) is 12.9. The number of carbonyl (C=O) groups excluding carboxylic acids is 1. The van der Waals surface area contributed by atoms with Crippen LogP contribution in [0.2, 0.25) is 0 Å². The van der Waals surface area contributed by atoms with Crippen molar-refractivity contribution in [2.45, 2.75) is 84.3 Å². The number of unbranched alkanes of at least 4 members (excludes halogenated alkanes) is 3. The first kappa shape index (κ1) is 28.5. The number of carbonyl (C=O) groups is 1. The summed E-state index contributed by atoms with van der Waals surface area (Å²) in [7, 11) is 1.82. The highest BCUT2D eigenvalue weighted by Gasteiger charge is 2.20. The van der Waals surface area contributed by atoms with Crippen molar-refractivity contribution >= 4 is 41.7 Å². The van der Waals surface area contributed by atoms with Crippen molar-refractivity contribution in [3.05, 3.63) is 23.9 Å². The van der Waals surface area contributed by atoms with Crippen LogP contribution in [0.1, 0.15) is 71.3 Å². The quantitative estimate of drug-likeness (QED) is 0.153. The van der Waals surface area contributed by atoms with Crippen molar-refractivity contribution < 1.29 is 9.53 Å². The van der Waals surface area contributed by atoms with Crippen LogP contribution in [0.25, 0.3) is 0 Å². The number of rotatable bonds is 9. The zero-order chi connectivity index (χ0) is 22.7. The van der Waals surface area contributed by atoms with E-state index in [0.717, 1.165) is 69.9 Å². The summed E-state index contributed by atoms with van der Waals surface area (Å²) in [6, 6.07) is 4.66. The molecule has 1 aliphatic rings. The van der Waals surface area contributed by atoms with E-state index in [9.17, 15) is 4.79 Å². The molecule has 2 N–H and O–H groups in total. The minimum absolute atomic E-state index is 0. The molecule has 182 valence electrons. The van der Waals surface area contributed by atoms with Gasteiger partial charge in [-0.15, -0.1) is 24.0 Å². The molecular formula is C24H42IN5O2. The second-order valence-corrected chi connectivity index (χ2v) is 9.35. The first-order chi connectivity index (χ1) is 14.8. The summed E-state index contributed by atoms with van der Waals surface area (Å²) in [6.45, 7) is 10.7. The third-order valence-corrected chi connectivity index (χ3v) is 5.30. The molecule has 0 unspecified atom stereocenters. The second-order valence-electron chi connectivity index (χ2n) is 9.35. The molecule has 0 aliphatic carbocycles. The molecule has 0 amide bonds. The van der Waals surface area contributed by atoms with Crippen LogP contribution < -0.4 is 15.5 Å². The summed E-state index contributed by atoms with van der Waals surface area (Å²) in [5, 5.41) is 6.97. The zero-order valence-corrected chi connectivity index (χ0v) is 22.8. The average molecular weight is 560 g/mol. The smallest absolute Gasteiger partial charge is 0.306 e. The summed E-state index contributed by atoms with van der Waals surface area (Å²) < 4.78 is 5.34. The molecule has 7 nitrogen and oxygen atoms in total. The number of hydrogen-bond donors (Lipinski definition) is 2. The minimum atomic E-state index is -0.391. The van der Waals surface area contributed by atoms with E-state index in [4.69, 9.17) is 4.74 Å². The van der Waals surface area contributed by atoms with Crippen LogP contribution in [0.3, 0.4) is 0 Å². The van der Waals surface area contributed by atoms with E-state index in [1.165, 1.54) is 5.56 Å². The maximum Gasteiger partial charge on any atom is 0.306 e. The standard InChI is InChI=1S/C24H41N5O2.HI/c1-19-11-12-21(27-18-19)29-16-13-20(14-17-29)28-23(25-5)26-15-9-7-6-8-10-22(30)31-24(2,3)4;/h11-12,18,20H,6-10,13-17H2,1-5H3,(H2,25,26,28);1H. The molecular weight excluding hydrogens is 517 g/mol. The first-order valence-electron chi connectivity index (χ1n) is 11.6. The van der Waals surface area contributed by atoms with Crippen LogP contribution in [0, 0.1) is 6.92 Å². The third kappa shape index (κ3) is 11.3. The van der Waals surface area contributed by atoms with Gasteiger partial charge in [0.2, 0.25) is 0 Å². The van der Waals surface area contributed by atoms with Crippen LogP contribution in [0.5, 0.6) is 0 Å². The Morgan fingerprint density at radius 1 is 1.19 bits per heavy atom. The largest absolute Gasteiger partial charge is 0.460 e. The van der Waals surface area contributed by atoms with Crippen LogP contribution >= 0.6 is 24.0 Å². The summed E-state index contributed by atoms with van der Waals surface area (Å²) in [4.78, 5) is 23.0. The highest BCUT2D eigenvalue weighted by Crippen LogP contribution is 2.18. The van der Waals surface area contributed by atoms with Crippen molar-refractivity contribution in [2.75, 3.05) is 31.6 Å². The van der Waals surface area contributed by atoms with E-state index in [2.05, 4.69) is 44.6 Å². The number of pyridine rings is 1. The minimum Gasteiger partial charge on any atom is -0.460 e. The summed E-state index contributed by atoms with van der Waals surface area (Å²) >= 11 is 0. The molecule has 8 heteroatoms. The Morgan fingerprint density at radius 3 is 2.47 bits per heavy atom. The number of esters is 1. The first-order valence-corrected chi connectivity index (χ1v) is 11.6. The number of hydrogen-bond acceptors (Lipinski definition) is 5. The fourth-order valence-corrected chi connectivity index (χ4v) is 3.64. The molecule has 1 aromatic heterocycles. The Labute approximate surface area is 211 Å². The van der Waals surface area contributed by atoms with Crippen molar-refractivity contribution in [3.63, 3.8) is 0 Å². The SMILES string of the molecule is CN=C(NCCCCCCC(=O)OC(C)(C)C)NC1CCN(c2ccc(C)cn2)CC1.I. The van der Waals surface area contributed by atoms with Crippen molar-refractivity contribution in [1.82, 2.24) is 15.6 Å². The van der Waals surface area contributed by atoms with Gasteiger partial charge in [0.15, 0.2) is 5.96 Å². The van der Waals surface area contributed by atoms with E-state index in [0.29, 0.717) is 12.5 Å². The van der Waals surface area contributed by atoms with Crippen molar-refractivity contribution in [1.29, 1.82) is 0 Å². The highest BCUT2D eigenvalue weighted by atomic mass is 127. The number of nitrogens with zero attached hydrogens (tertiary/aromatic N) is 3. The predicted octanol–water partition coefficient (Wildman–Crippen LogP) is 4.43. The van der Waals surface area contributed by atoms with E-state index in [-0.39, 0.29) is 29.9 Å². The number of aliphatic imine (C=N–C) groups is 1. The zero-order valence-electron chi connectivity index (χ0n) is 20.4. The summed E-state index contributed by atoms with van der Waals surface area (Å²) in [5.41, 5.74) is 0.802. The molecule has 0 atom stereocenters. The van der Waals surface area contributed by atoms with Gasteiger partial charge >= 0.3 is 5.97 Å². The van der Waals surface area contributed by atoms with Gasteiger partial charge in [-0.05, 0) is 65.0 Å². The lowest BCUT2D eigenvalue weighted by atomic mass is 10.1. The van der Waals surface area contributed by atoms with Gasteiger partial charge in [-0.25, -0.2) is 4.98 Å². The Balaban J connectivity index is 0.00000512. The van der Waals surface area contributed by atoms with E-state index in [1.54, 1.807) is 0 Å². The summed E-state index contributed by atoms with van der Waals surface area (Å²) in [6.07, 6.45) is 8.66. The van der Waals surface area contributed by atoms with E-state index < -0.39 is 5.60 Å². The molecule has 0 bridgehead atoms. The molecule has 0 aromatic carbocycles. The molecule has 32 heavy (non-hydrogen) atoms. The highest BCUT2D eigenvalue weighted by molar-refractivity contribution is 14.0. The molecule has 1 fully saturated rings. The molecule has 2 heterocycles. The predicted molar refractivity (Wildman–Crippen MR) is 143 cm³/mol. The van der Waals surface area contributed by atoms with E-state index in [1.807, 2.05) is 34.0 Å². The van der Waals surface area contributed by atoms with E-state index >= 15 is 0 Å². The van der Waals surface area contributed by atoms with Crippen molar-refractivity contribution in [3.8, 4) is 0 Å². The normalized spacial score (nSPS) is 15.2. The fourth-order valence-electron chi connectivity index (χ4n) is 3.64. The number of aryl methyl sites for hydroxylation is 1. The maximum absolute atomic E-state index is 11.7. The second kappa shape index (κ2) is 14.5. The molecule has 1 aliphatic heterocycles. The maximum atomic E-state index is 11.7. The van der Waals surface area contributed by atoms with Gasteiger partial charge in [-0.3, -0.25) is 9.79 Å². The number of ether oxygens (including phenoxy) is 1. The van der Waals surface area contributed by atoms with Gasteiger partial charge in [0.25, 0.3) is 0 Å². The topological polar surface area (TPSA) is 78.8 Å². The van der Waals surface area contributed by atoms with Crippen LogP contribution in [0.15, 0.2) is 23.3 Å². The number of piperidine rings is 1. The van der Waals surface area contributed by atoms with Gasteiger partial charge < -0.3 is 20.3 Å². The third-order valence-electron chi connectivity index (χ3n) is 5.30. The lowest BCUT2D eigenvalue weighted by Gasteiger charge is -2.33. The number of aromatic nitrogens is 1. The Bertz CT molecular complexity index is 695. The van der Waals surface area contributed by atoms with Gasteiger partial charge in [0.05, 0.1) is 0 Å². The molecule has 2 rings (SSSR count). The van der Waals surface area contributed by atoms with Gasteiger partial charge in [0, 0.05) is 45.3 Å². The number of guanidine groups is 1. The monoisotopic (exact) mass is 559 g/mol. The Morgan fingerprint density at radius 2 is 1.88 bits per heavy atom. The number of halogens is 1. The Hall–Kier alpha value is -1.58. The molecule has 0 saturated carbocycles. The lowest BCUT2D eigenvalue weighted by molar-refractivity contribution is -0.154. The molecule has 1 saturated heterocycles. The molecule has 1 aromatic rings. The van der Waals surface area contributed by atoms with Gasteiger partial charge in [-0.2, -0.15) is 0 Å². The van der Waals surface area contributed by atoms with Crippen LogP contribution in [-0.2, 0) is 9.53 Å². The average Bonchev–Trinajstić information content (AvgIpc) is 2.72.